The zero-order valence-electron chi connectivity index (χ0n) is 20.0. The summed E-state index contributed by atoms with van der Waals surface area (Å²) in [5.74, 6) is -0.0662. The van der Waals surface area contributed by atoms with Crippen molar-refractivity contribution in [1.82, 2.24) is 10.2 Å². The smallest absolute Gasteiger partial charge is 0.261 e. The fourth-order valence-electron chi connectivity index (χ4n) is 3.62. The lowest BCUT2D eigenvalue weighted by atomic mass is 10.0. The first kappa shape index (κ1) is 26.8. The van der Waals surface area contributed by atoms with E-state index >= 15 is 0 Å². The van der Waals surface area contributed by atoms with Gasteiger partial charge in [-0.25, -0.2) is 0 Å². The number of hydrogen-bond donors (Lipinski definition) is 1. The Hall–Kier alpha value is -2.83. The van der Waals surface area contributed by atoms with E-state index in [2.05, 4.69) is 21.2 Å². The second-order valence-electron chi connectivity index (χ2n) is 8.37. The zero-order chi connectivity index (χ0) is 25.2. The molecule has 0 saturated heterocycles. The molecule has 35 heavy (non-hydrogen) atoms. The van der Waals surface area contributed by atoms with Crippen molar-refractivity contribution in [3.63, 3.8) is 0 Å². The molecule has 3 aromatic carbocycles. The molecule has 0 aliphatic rings. The molecule has 0 bridgehead atoms. The number of halogens is 2. The van der Waals surface area contributed by atoms with Crippen molar-refractivity contribution in [3.05, 3.63) is 99.0 Å². The minimum Gasteiger partial charge on any atom is -0.482 e. The van der Waals surface area contributed by atoms with Gasteiger partial charge in [0.2, 0.25) is 5.91 Å². The molecule has 184 valence electrons. The van der Waals surface area contributed by atoms with Gasteiger partial charge in [-0.05, 0) is 42.7 Å². The molecule has 0 radical (unpaired) electrons. The van der Waals surface area contributed by atoms with Gasteiger partial charge in [0.25, 0.3) is 5.91 Å². The van der Waals surface area contributed by atoms with Gasteiger partial charge >= 0.3 is 0 Å². The Morgan fingerprint density at radius 1 is 1.03 bits per heavy atom. The van der Waals surface area contributed by atoms with E-state index in [1.165, 1.54) is 0 Å². The number of ether oxygens (including phenoxy) is 1. The fraction of sp³-hybridized carbons (Fsp3) is 0.286. The van der Waals surface area contributed by atoms with Crippen molar-refractivity contribution in [2.75, 3.05) is 13.2 Å². The highest BCUT2D eigenvalue weighted by Crippen LogP contribution is 2.28. The largest absolute Gasteiger partial charge is 0.482 e. The van der Waals surface area contributed by atoms with E-state index in [1.807, 2.05) is 68.4 Å². The summed E-state index contributed by atoms with van der Waals surface area (Å²) in [5.41, 5.74) is 3.04. The third kappa shape index (κ3) is 8.11. The molecular weight excluding hydrogens is 528 g/mol. The van der Waals surface area contributed by atoms with Gasteiger partial charge in [-0.3, -0.25) is 9.59 Å². The number of hydrogen-bond acceptors (Lipinski definition) is 3. The zero-order valence-corrected chi connectivity index (χ0v) is 22.3. The maximum Gasteiger partial charge on any atom is 0.261 e. The lowest BCUT2D eigenvalue weighted by molar-refractivity contribution is -0.142. The van der Waals surface area contributed by atoms with Crippen LogP contribution in [0.3, 0.4) is 0 Å². The van der Waals surface area contributed by atoms with Gasteiger partial charge in [-0.2, -0.15) is 0 Å². The van der Waals surface area contributed by atoms with Gasteiger partial charge in [-0.15, -0.1) is 0 Å². The lowest BCUT2D eigenvalue weighted by Gasteiger charge is -2.31. The Labute approximate surface area is 220 Å². The minimum atomic E-state index is -0.693. The molecule has 3 aromatic rings. The van der Waals surface area contributed by atoms with Gasteiger partial charge in [0.05, 0.1) is 5.02 Å². The molecule has 1 unspecified atom stereocenters. The van der Waals surface area contributed by atoms with Gasteiger partial charge < -0.3 is 15.0 Å². The molecule has 0 saturated carbocycles. The SMILES string of the molecule is CCCNC(=O)C(Cc1ccccc1)N(Cc1ccc(C)cc1)C(=O)COc1ccc(Br)cc1Cl. The number of nitrogens with zero attached hydrogens (tertiary/aromatic N) is 1. The van der Waals surface area contributed by atoms with Crippen molar-refractivity contribution in [3.8, 4) is 5.75 Å². The molecule has 1 atom stereocenters. The fourth-order valence-corrected chi connectivity index (χ4v) is 4.35. The van der Waals surface area contributed by atoms with Gasteiger partial charge in [0.1, 0.15) is 11.8 Å². The molecule has 7 heteroatoms. The molecule has 0 aliphatic carbocycles. The predicted octanol–water partition coefficient (Wildman–Crippen LogP) is 5.96. The highest BCUT2D eigenvalue weighted by atomic mass is 79.9. The standard InChI is InChI=1S/C28H30BrClN2O3/c1-3-15-31-28(34)25(16-21-7-5-4-6-8-21)32(18-22-11-9-20(2)10-12-22)27(33)19-35-26-14-13-23(29)17-24(26)30/h4-14,17,25H,3,15-16,18-19H2,1-2H3,(H,31,34). The Balaban J connectivity index is 1.89. The Morgan fingerprint density at radius 2 is 1.74 bits per heavy atom. The number of rotatable bonds is 11. The monoisotopic (exact) mass is 556 g/mol. The van der Waals surface area contributed by atoms with Crippen molar-refractivity contribution >= 4 is 39.3 Å². The van der Waals surface area contributed by atoms with Gasteiger partial charge in [0.15, 0.2) is 6.61 Å². The van der Waals surface area contributed by atoms with E-state index in [0.717, 1.165) is 27.6 Å². The maximum absolute atomic E-state index is 13.5. The van der Waals surface area contributed by atoms with E-state index in [0.29, 0.717) is 23.7 Å². The predicted molar refractivity (Wildman–Crippen MR) is 144 cm³/mol. The molecular formula is C28H30BrClN2O3. The minimum absolute atomic E-state index is 0.183. The summed E-state index contributed by atoms with van der Waals surface area (Å²) in [7, 11) is 0. The molecule has 0 fully saturated rings. The normalized spacial score (nSPS) is 11.5. The summed E-state index contributed by atoms with van der Waals surface area (Å²) in [6.45, 7) is 4.60. The van der Waals surface area contributed by atoms with Gasteiger partial charge in [-0.1, -0.05) is 94.6 Å². The summed E-state index contributed by atoms with van der Waals surface area (Å²) >= 11 is 9.64. The van der Waals surface area contributed by atoms with Crippen molar-refractivity contribution in [2.24, 2.45) is 0 Å². The third-order valence-electron chi connectivity index (χ3n) is 5.54. The van der Waals surface area contributed by atoms with Crippen LogP contribution in [0.2, 0.25) is 5.02 Å². The molecule has 0 spiro atoms. The molecule has 1 N–H and O–H groups in total. The summed E-state index contributed by atoms with van der Waals surface area (Å²) in [4.78, 5) is 28.4. The molecule has 5 nitrogen and oxygen atoms in total. The summed E-state index contributed by atoms with van der Waals surface area (Å²) in [6.07, 6.45) is 1.20. The molecule has 0 aliphatic heterocycles. The second-order valence-corrected chi connectivity index (χ2v) is 9.69. The van der Waals surface area contributed by atoms with E-state index in [4.69, 9.17) is 16.3 Å². The van der Waals surface area contributed by atoms with Crippen LogP contribution in [0.15, 0.2) is 77.3 Å². The van der Waals surface area contributed by atoms with E-state index < -0.39 is 6.04 Å². The first-order chi connectivity index (χ1) is 16.9. The number of nitrogens with one attached hydrogen (secondary N) is 1. The van der Waals surface area contributed by atoms with Crippen LogP contribution in [-0.2, 0) is 22.6 Å². The van der Waals surface area contributed by atoms with Crippen LogP contribution in [0.5, 0.6) is 5.75 Å². The number of carbonyl (C=O) groups is 2. The van der Waals surface area contributed by atoms with Crippen LogP contribution in [-0.4, -0.2) is 35.9 Å². The van der Waals surface area contributed by atoms with Crippen molar-refractivity contribution in [2.45, 2.75) is 39.3 Å². The molecule has 0 heterocycles. The maximum atomic E-state index is 13.5. The Morgan fingerprint density at radius 3 is 2.40 bits per heavy atom. The number of carbonyl (C=O) groups excluding carboxylic acids is 2. The highest BCUT2D eigenvalue weighted by molar-refractivity contribution is 9.10. The second kappa shape index (κ2) is 13.3. The van der Waals surface area contributed by atoms with Crippen LogP contribution in [0.25, 0.3) is 0 Å². The topological polar surface area (TPSA) is 58.6 Å². The summed E-state index contributed by atoms with van der Waals surface area (Å²) < 4.78 is 6.59. The molecule has 3 rings (SSSR count). The first-order valence-corrected chi connectivity index (χ1v) is 12.8. The lowest BCUT2D eigenvalue weighted by Crippen LogP contribution is -2.51. The van der Waals surface area contributed by atoms with E-state index in [-0.39, 0.29) is 25.0 Å². The number of amides is 2. The van der Waals surface area contributed by atoms with E-state index in [1.54, 1.807) is 23.1 Å². The van der Waals surface area contributed by atoms with Crippen LogP contribution < -0.4 is 10.1 Å². The van der Waals surface area contributed by atoms with Crippen LogP contribution >= 0.6 is 27.5 Å². The quantitative estimate of drug-likeness (QED) is 0.317. The highest BCUT2D eigenvalue weighted by Gasteiger charge is 2.30. The van der Waals surface area contributed by atoms with Crippen LogP contribution in [0.1, 0.15) is 30.0 Å². The third-order valence-corrected chi connectivity index (χ3v) is 6.33. The number of aryl methyl sites for hydroxylation is 1. The Bertz CT molecular complexity index is 1120. The summed E-state index contributed by atoms with van der Waals surface area (Å²) in [6, 6.07) is 22.2. The van der Waals surface area contributed by atoms with Gasteiger partial charge in [0, 0.05) is 24.0 Å². The Kier molecular flexibility index (Phi) is 10.2. The van der Waals surface area contributed by atoms with E-state index in [9.17, 15) is 9.59 Å². The summed E-state index contributed by atoms with van der Waals surface area (Å²) in [5, 5.41) is 3.37. The van der Waals surface area contributed by atoms with Crippen LogP contribution in [0, 0.1) is 6.92 Å². The number of benzene rings is 3. The molecule has 2 amide bonds. The van der Waals surface area contributed by atoms with Crippen molar-refractivity contribution in [1.29, 1.82) is 0 Å². The van der Waals surface area contributed by atoms with Crippen LogP contribution in [0.4, 0.5) is 0 Å². The van der Waals surface area contributed by atoms with Crippen molar-refractivity contribution < 1.29 is 14.3 Å². The first-order valence-electron chi connectivity index (χ1n) is 11.6. The average molecular weight is 558 g/mol. The average Bonchev–Trinajstić information content (AvgIpc) is 2.85. The molecule has 0 aromatic heterocycles.